The van der Waals surface area contributed by atoms with E-state index in [0.717, 1.165) is 12.8 Å². The molecule has 0 amide bonds. The number of rotatable bonds is 0. The van der Waals surface area contributed by atoms with E-state index in [-0.39, 0.29) is 11.6 Å². The molecule has 4 aliphatic rings. The van der Waals surface area contributed by atoms with Crippen LogP contribution in [0.5, 0.6) is 0 Å². The number of hydrogen-bond donors (Lipinski definition) is 0. The van der Waals surface area contributed by atoms with Crippen molar-refractivity contribution in [2.75, 3.05) is 6.54 Å². The predicted molar refractivity (Wildman–Crippen MR) is 58.9 cm³/mol. The normalized spacial score (nSPS) is 46.0. The zero-order valence-electron chi connectivity index (χ0n) is 9.45. The molecule has 3 heterocycles. The second-order valence-corrected chi connectivity index (χ2v) is 5.63. The van der Waals surface area contributed by atoms with E-state index in [1.807, 2.05) is 0 Å². The van der Waals surface area contributed by atoms with Crippen LogP contribution in [0.2, 0.25) is 0 Å². The van der Waals surface area contributed by atoms with Crippen molar-refractivity contribution in [3.05, 3.63) is 11.6 Å². The number of carbonyl (C=O) groups excluding carboxylic acids is 1. The van der Waals surface area contributed by atoms with Gasteiger partial charge in [0.2, 0.25) is 0 Å². The topological polar surface area (TPSA) is 29.5 Å². The van der Waals surface area contributed by atoms with Gasteiger partial charge in [-0.15, -0.1) is 0 Å². The number of hydrogen-bond acceptors (Lipinski definition) is 3. The van der Waals surface area contributed by atoms with E-state index in [1.165, 1.54) is 37.8 Å². The molecule has 1 aliphatic carbocycles. The molecule has 3 nitrogen and oxygen atoms in total. The molecule has 86 valence electrons. The summed E-state index contributed by atoms with van der Waals surface area (Å²) in [7, 11) is 0. The van der Waals surface area contributed by atoms with Gasteiger partial charge in [0.15, 0.2) is 5.60 Å². The quantitative estimate of drug-likeness (QED) is 0.580. The monoisotopic (exact) mass is 219 g/mol. The van der Waals surface area contributed by atoms with Crippen LogP contribution in [0.1, 0.15) is 38.5 Å². The summed E-state index contributed by atoms with van der Waals surface area (Å²) in [6.45, 7) is 1.21. The lowest BCUT2D eigenvalue weighted by molar-refractivity contribution is -0.148. The van der Waals surface area contributed by atoms with Gasteiger partial charge < -0.3 is 4.74 Å². The van der Waals surface area contributed by atoms with E-state index >= 15 is 0 Å². The molecule has 0 unspecified atom stereocenters. The van der Waals surface area contributed by atoms with Crippen molar-refractivity contribution >= 4 is 5.97 Å². The lowest BCUT2D eigenvalue weighted by atomic mass is 9.77. The standard InChI is InChI=1S/C13H17NO2/c15-12-7-9-4-5-10-8-13(9,16-12)11-3-1-2-6-14(10)11/h7,10-11H,1-6,8H2/t10-,11-,13+/m0/s1. The molecule has 4 rings (SSSR count). The first kappa shape index (κ1) is 9.23. The van der Waals surface area contributed by atoms with Gasteiger partial charge >= 0.3 is 5.97 Å². The lowest BCUT2D eigenvalue weighted by Gasteiger charge is -2.38. The maximum Gasteiger partial charge on any atom is 0.331 e. The molecule has 1 spiro atoms. The smallest absolute Gasteiger partial charge is 0.331 e. The highest BCUT2D eigenvalue weighted by atomic mass is 16.6. The van der Waals surface area contributed by atoms with Gasteiger partial charge in [-0.25, -0.2) is 4.79 Å². The van der Waals surface area contributed by atoms with Crippen LogP contribution in [-0.2, 0) is 9.53 Å². The number of nitrogens with zero attached hydrogens (tertiary/aromatic N) is 1. The van der Waals surface area contributed by atoms with Gasteiger partial charge in [-0.2, -0.15) is 0 Å². The number of fused-ring (bicyclic) bond motifs is 3. The summed E-state index contributed by atoms with van der Waals surface area (Å²) in [6, 6.07) is 1.17. The average molecular weight is 219 g/mol. The molecule has 3 aliphatic heterocycles. The second kappa shape index (κ2) is 2.89. The number of ether oxygens (including phenoxy) is 1. The molecule has 16 heavy (non-hydrogen) atoms. The number of piperidine rings is 1. The summed E-state index contributed by atoms with van der Waals surface area (Å²) in [5, 5.41) is 0. The van der Waals surface area contributed by atoms with Crippen molar-refractivity contribution in [3.8, 4) is 0 Å². The Labute approximate surface area is 95.4 Å². The highest BCUT2D eigenvalue weighted by molar-refractivity contribution is 5.87. The number of carbonyl (C=O) groups is 1. The van der Waals surface area contributed by atoms with Crippen LogP contribution < -0.4 is 0 Å². The first-order valence-electron chi connectivity index (χ1n) is 6.49. The van der Waals surface area contributed by atoms with E-state index in [0.29, 0.717) is 12.1 Å². The summed E-state index contributed by atoms with van der Waals surface area (Å²) in [4.78, 5) is 14.2. The van der Waals surface area contributed by atoms with Gasteiger partial charge in [0.25, 0.3) is 0 Å². The van der Waals surface area contributed by atoms with Gasteiger partial charge in [-0.05, 0) is 37.8 Å². The maximum atomic E-state index is 11.5. The van der Waals surface area contributed by atoms with E-state index in [9.17, 15) is 4.79 Å². The van der Waals surface area contributed by atoms with Gasteiger partial charge in [0, 0.05) is 18.5 Å². The molecule has 0 radical (unpaired) electrons. The molecule has 3 fully saturated rings. The number of esters is 1. The maximum absolute atomic E-state index is 11.5. The molecule has 2 saturated heterocycles. The summed E-state index contributed by atoms with van der Waals surface area (Å²) in [5.41, 5.74) is 1.10. The van der Waals surface area contributed by atoms with E-state index in [4.69, 9.17) is 4.74 Å². The second-order valence-electron chi connectivity index (χ2n) is 5.63. The molecule has 0 aromatic rings. The van der Waals surface area contributed by atoms with E-state index < -0.39 is 0 Å². The van der Waals surface area contributed by atoms with E-state index in [2.05, 4.69) is 4.90 Å². The summed E-state index contributed by atoms with van der Waals surface area (Å²) in [6.07, 6.45) is 8.95. The largest absolute Gasteiger partial charge is 0.450 e. The fraction of sp³-hybridized carbons (Fsp3) is 0.769. The molecule has 3 heteroatoms. The third-order valence-corrected chi connectivity index (χ3v) is 4.96. The van der Waals surface area contributed by atoms with Crippen LogP contribution in [-0.4, -0.2) is 35.1 Å². The minimum Gasteiger partial charge on any atom is -0.450 e. The Morgan fingerprint density at radius 1 is 1.38 bits per heavy atom. The van der Waals surface area contributed by atoms with Crippen LogP contribution in [0.4, 0.5) is 0 Å². The molecule has 1 saturated carbocycles. The fourth-order valence-corrected chi connectivity index (χ4v) is 4.36. The van der Waals surface area contributed by atoms with Crippen molar-refractivity contribution in [2.24, 2.45) is 0 Å². The molecule has 0 aromatic carbocycles. The minimum atomic E-state index is -0.194. The summed E-state index contributed by atoms with van der Waals surface area (Å²) < 4.78 is 5.74. The Bertz CT molecular complexity index is 389. The zero-order chi connectivity index (χ0) is 10.8. The average Bonchev–Trinajstić information content (AvgIpc) is 2.76. The first-order valence-corrected chi connectivity index (χ1v) is 6.49. The summed E-state index contributed by atoms with van der Waals surface area (Å²) in [5.74, 6) is -0.0944. The van der Waals surface area contributed by atoms with Crippen LogP contribution in [0.3, 0.4) is 0 Å². The van der Waals surface area contributed by atoms with Crippen molar-refractivity contribution in [1.82, 2.24) is 4.90 Å². The highest BCUT2D eigenvalue weighted by Crippen LogP contribution is 2.53. The Balaban J connectivity index is 1.80. The molecule has 0 N–H and O–H groups in total. The van der Waals surface area contributed by atoms with Crippen LogP contribution in [0.15, 0.2) is 11.6 Å². The SMILES string of the molecule is O=C1C=C2CC[C@H]3C[C@]2(O1)[C@@H]1CCCCN31. The van der Waals surface area contributed by atoms with Gasteiger partial charge in [0.05, 0.1) is 6.04 Å². The molecule has 3 atom stereocenters. The van der Waals surface area contributed by atoms with Gasteiger partial charge in [-0.1, -0.05) is 6.42 Å². The molecule has 0 aromatic heterocycles. The minimum absolute atomic E-state index is 0.0944. The van der Waals surface area contributed by atoms with Crippen LogP contribution in [0.25, 0.3) is 0 Å². The third kappa shape index (κ3) is 0.956. The molecular formula is C13H17NO2. The van der Waals surface area contributed by atoms with Crippen LogP contribution in [0, 0.1) is 0 Å². The Morgan fingerprint density at radius 2 is 2.31 bits per heavy atom. The van der Waals surface area contributed by atoms with Crippen molar-refractivity contribution in [2.45, 2.75) is 56.2 Å². The van der Waals surface area contributed by atoms with Crippen molar-refractivity contribution in [3.63, 3.8) is 0 Å². The summed E-state index contributed by atoms with van der Waals surface area (Å²) >= 11 is 0. The Kier molecular flexibility index (Phi) is 1.67. The highest BCUT2D eigenvalue weighted by Gasteiger charge is 2.61. The Hall–Kier alpha value is -0.830. The van der Waals surface area contributed by atoms with Crippen molar-refractivity contribution < 1.29 is 9.53 Å². The van der Waals surface area contributed by atoms with Gasteiger partial charge in [0.1, 0.15) is 0 Å². The fourth-order valence-electron chi connectivity index (χ4n) is 4.36. The lowest BCUT2D eigenvalue weighted by Crippen LogP contribution is -2.48. The van der Waals surface area contributed by atoms with Crippen molar-refractivity contribution in [1.29, 1.82) is 0 Å². The first-order chi connectivity index (χ1) is 7.79. The predicted octanol–water partition coefficient (Wildman–Crippen LogP) is 1.63. The van der Waals surface area contributed by atoms with Crippen LogP contribution >= 0.6 is 0 Å². The van der Waals surface area contributed by atoms with Gasteiger partial charge in [-0.3, -0.25) is 4.90 Å². The zero-order valence-corrected chi connectivity index (χ0v) is 9.45. The Morgan fingerprint density at radius 3 is 3.25 bits per heavy atom. The molecule has 2 bridgehead atoms. The molecular weight excluding hydrogens is 202 g/mol. The third-order valence-electron chi connectivity index (χ3n) is 4.96. The van der Waals surface area contributed by atoms with E-state index in [1.54, 1.807) is 6.08 Å².